The summed E-state index contributed by atoms with van der Waals surface area (Å²) in [5, 5.41) is 4.34. The van der Waals surface area contributed by atoms with Gasteiger partial charge in [0.1, 0.15) is 0 Å². The van der Waals surface area contributed by atoms with E-state index in [4.69, 9.17) is 11.6 Å². The van der Waals surface area contributed by atoms with Crippen LogP contribution in [0.4, 0.5) is 0 Å². The molecule has 0 saturated carbocycles. The van der Waals surface area contributed by atoms with E-state index < -0.39 is 0 Å². The van der Waals surface area contributed by atoms with E-state index >= 15 is 0 Å². The smallest absolute Gasteiger partial charge is 0.0621 e. The lowest BCUT2D eigenvalue weighted by atomic mass is 10.0. The monoisotopic (exact) mass is 240 g/mol. The summed E-state index contributed by atoms with van der Waals surface area (Å²) in [6.07, 6.45) is 8.05. The Morgan fingerprint density at radius 1 is 1.44 bits per heavy atom. The van der Waals surface area contributed by atoms with Crippen molar-refractivity contribution in [3.05, 3.63) is 29.0 Å². The SMILES string of the molecule is CCCNC(CC)CCc1ccncc1Cl. The number of aryl methyl sites for hydroxylation is 1. The van der Waals surface area contributed by atoms with Gasteiger partial charge in [-0.15, -0.1) is 0 Å². The van der Waals surface area contributed by atoms with E-state index in [2.05, 4.69) is 24.1 Å². The summed E-state index contributed by atoms with van der Waals surface area (Å²) in [6.45, 7) is 5.52. The minimum atomic E-state index is 0.601. The lowest BCUT2D eigenvalue weighted by Gasteiger charge is -2.16. The summed E-state index contributed by atoms with van der Waals surface area (Å²) < 4.78 is 0. The highest BCUT2D eigenvalue weighted by Gasteiger charge is 2.06. The van der Waals surface area contributed by atoms with E-state index in [1.165, 1.54) is 18.4 Å². The van der Waals surface area contributed by atoms with E-state index in [0.717, 1.165) is 24.4 Å². The zero-order valence-corrected chi connectivity index (χ0v) is 10.9. The van der Waals surface area contributed by atoms with Gasteiger partial charge in [0.05, 0.1) is 5.02 Å². The summed E-state index contributed by atoms with van der Waals surface area (Å²) in [6, 6.07) is 2.61. The number of hydrogen-bond donors (Lipinski definition) is 1. The average molecular weight is 241 g/mol. The second-order valence-electron chi connectivity index (χ2n) is 4.07. The van der Waals surface area contributed by atoms with Gasteiger partial charge in [-0.3, -0.25) is 4.98 Å². The Balaban J connectivity index is 2.40. The Labute approximate surface area is 103 Å². The quantitative estimate of drug-likeness (QED) is 0.790. The topological polar surface area (TPSA) is 24.9 Å². The fourth-order valence-corrected chi connectivity index (χ4v) is 1.95. The van der Waals surface area contributed by atoms with Gasteiger partial charge in [0.25, 0.3) is 0 Å². The second-order valence-corrected chi connectivity index (χ2v) is 4.47. The zero-order chi connectivity index (χ0) is 11.8. The van der Waals surface area contributed by atoms with Crippen molar-refractivity contribution in [1.82, 2.24) is 10.3 Å². The van der Waals surface area contributed by atoms with E-state index in [0.29, 0.717) is 6.04 Å². The van der Waals surface area contributed by atoms with Gasteiger partial charge in [-0.25, -0.2) is 0 Å². The molecule has 3 heteroatoms. The molecule has 1 unspecified atom stereocenters. The van der Waals surface area contributed by atoms with E-state index in [9.17, 15) is 0 Å². The third kappa shape index (κ3) is 4.50. The van der Waals surface area contributed by atoms with Gasteiger partial charge in [-0.2, -0.15) is 0 Å². The standard InChI is InChI=1S/C13H21ClN2/c1-3-8-16-12(4-2)6-5-11-7-9-15-10-13(11)14/h7,9-10,12,16H,3-6,8H2,1-2H3. The van der Waals surface area contributed by atoms with Crippen molar-refractivity contribution in [2.24, 2.45) is 0 Å². The highest BCUT2D eigenvalue weighted by Crippen LogP contribution is 2.16. The number of hydrogen-bond acceptors (Lipinski definition) is 2. The third-order valence-electron chi connectivity index (χ3n) is 2.79. The molecule has 90 valence electrons. The van der Waals surface area contributed by atoms with Crippen molar-refractivity contribution in [1.29, 1.82) is 0 Å². The van der Waals surface area contributed by atoms with Gasteiger partial charge >= 0.3 is 0 Å². The third-order valence-corrected chi connectivity index (χ3v) is 3.13. The summed E-state index contributed by atoms with van der Waals surface area (Å²) in [7, 11) is 0. The number of rotatable bonds is 7. The number of nitrogens with zero attached hydrogens (tertiary/aromatic N) is 1. The molecule has 0 bridgehead atoms. The summed E-state index contributed by atoms with van der Waals surface area (Å²) in [4.78, 5) is 3.99. The molecule has 1 atom stereocenters. The van der Waals surface area contributed by atoms with Crippen LogP contribution in [0.1, 0.15) is 38.7 Å². The first kappa shape index (κ1) is 13.5. The Bertz CT molecular complexity index is 302. The fraction of sp³-hybridized carbons (Fsp3) is 0.615. The Kier molecular flexibility index (Phi) is 6.43. The van der Waals surface area contributed by atoms with Crippen molar-refractivity contribution in [3.8, 4) is 0 Å². The van der Waals surface area contributed by atoms with E-state index in [1.54, 1.807) is 6.20 Å². The molecule has 0 aliphatic carbocycles. The first-order valence-corrected chi connectivity index (χ1v) is 6.47. The van der Waals surface area contributed by atoms with Crippen LogP contribution >= 0.6 is 11.6 Å². The summed E-state index contributed by atoms with van der Waals surface area (Å²) in [5.74, 6) is 0. The van der Waals surface area contributed by atoms with Crippen molar-refractivity contribution >= 4 is 11.6 Å². The van der Waals surface area contributed by atoms with E-state index in [1.807, 2.05) is 12.3 Å². The molecular formula is C13H21ClN2. The van der Waals surface area contributed by atoms with Gasteiger partial charge < -0.3 is 5.32 Å². The molecule has 1 heterocycles. The van der Waals surface area contributed by atoms with Gasteiger partial charge in [0.2, 0.25) is 0 Å². The first-order valence-electron chi connectivity index (χ1n) is 6.09. The number of aromatic nitrogens is 1. The molecule has 16 heavy (non-hydrogen) atoms. The predicted octanol–water partition coefficient (Wildman–Crippen LogP) is 3.45. The Morgan fingerprint density at radius 2 is 2.25 bits per heavy atom. The molecule has 0 aromatic carbocycles. The van der Waals surface area contributed by atoms with Crippen molar-refractivity contribution in [2.75, 3.05) is 6.54 Å². The highest BCUT2D eigenvalue weighted by atomic mass is 35.5. The molecule has 1 aromatic heterocycles. The van der Waals surface area contributed by atoms with Crippen molar-refractivity contribution in [3.63, 3.8) is 0 Å². The molecular weight excluding hydrogens is 220 g/mol. The fourth-order valence-electron chi connectivity index (χ4n) is 1.74. The molecule has 1 N–H and O–H groups in total. The number of halogens is 1. The minimum Gasteiger partial charge on any atom is -0.314 e. The van der Waals surface area contributed by atoms with Crippen LogP contribution in [0.25, 0.3) is 0 Å². The van der Waals surface area contributed by atoms with Crippen LogP contribution in [0.15, 0.2) is 18.5 Å². The number of nitrogens with one attached hydrogen (secondary N) is 1. The van der Waals surface area contributed by atoms with Crippen LogP contribution in [-0.4, -0.2) is 17.6 Å². The summed E-state index contributed by atoms with van der Waals surface area (Å²) in [5.41, 5.74) is 1.20. The van der Waals surface area contributed by atoms with Gasteiger partial charge in [-0.05, 0) is 43.9 Å². The maximum atomic E-state index is 6.07. The predicted molar refractivity (Wildman–Crippen MR) is 69.9 cm³/mol. The van der Waals surface area contributed by atoms with Crippen LogP contribution in [0.3, 0.4) is 0 Å². The molecule has 0 radical (unpaired) electrons. The maximum absolute atomic E-state index is 6.07. The average Bonchev–Trinajstić information content (AvgIpc) is 2.31. The van der Waals surface area contributed by atoms with Gasteiger partial charge in [0, 0.05) is 18.4 Å². The normalized spacial score (nSPS) is 12.7. The molecule has 1 aromatic rings. The Hall–Kier alpha value is -0.600. The summed E-state index contributed by atoms with van der Waals surface area (Å²) >= 11 is 6.07. The molecule has 1 rings (SSSR count). The molecule has 2 nitrogen and oxygen atoms in total. The lowest BCUT2D eigenvalue weighted by Crippen LogP contribution is -2.29. The first-order chi connectivity index (χ1) is 7.77. The second kappa shape index (κ2) is 7.64. The van der Waals surface area contributed by atoms with E-state index in [-0.39, 0.29) is 0 Å². The zero-order valence-electron chi connectivity index (χ0n) is 10.2. The van der Waals surface area contributed by atoms with Crippen molar-refractivity contribution in [2.45, 2.75) is 45.6 Å². The van der Waals surface area contributed by atoms with Crippen LogP contribution in [0, 0.1) is 0 Å². The molecule has 0 saturated heterocycles. The van der Waals surface area contributed by atoms with Gasteiger partial charge in [0.15, 0.2) is 0 Å². The van der Waals surface area contributed by atoms with Crippen molar-refractivity contribution < 1.29 is 0 Å². The molecule has 0 amide bonds. The minimum absolute atomic E-state index is 0.601. The highest BCUT2D eigenvalue weighted by molar-refractivity contribution is 6.31. The molecule has 0 spiro atoms. The van der Waals surface area contributed by atoms with Crippen LogP contribution in [0.5, 0.6) is 0 Å². The molecule has 0 aliphatic heterocycles. The molecule has 0 aliphatic rings. The Morgan fingerprint density at radius 3 is 2.88 bits per heavy atom. The van der Waals surface area contributed by atoms with Crippen LogP contribution < -0.4 is 5.32 Å². The van der Waals surface area contributed by atoms with Crippen LogP contribution in [0.2, 0.25) is 5.02 Å². The van der Waals surface area contributed by atoms with Gasteiger partial charge in [-0.1, -0.05) is 25.4 Å². The van der Waals surface area contributed by atoms with Crippen LogP contribution in [-0.2, 0) is 6.42 Å². The number of pyridine rings is 1. The maximum Gasteiger partial charge on any atom is 0.0621 e. The molecule has 0 fully saturated rings. The lowest BCUT2D eigenvalue weighted by molar-refractivity contribution is 0.468. The largest absolute Gasteiger partial charge is 0.314 e.